The van der Waals surface area contributed by atoms with Crippen LogP contribution in [0.15, 0.2) is 12.1 Å². The normalized spacial score (nSPS) is 27.3. The third-order valence-electron chi connectivity index (χ3n) is 8.76. The first-order valence-corrected chi connectivity index (χ1v) is 13.0. The third kappa shape index (κ3) is 3.59. The molecule has 1 heterocycles. The van der Waals surface area contributed by atoms with Gasteiger partial charge in [-0.25, -0.2) is 4.79 Å². The molecule has 33 heavy (non-hydrogen) atoms. The summed E-state index contributed by atoms with van der Waals surface area (Å²) in [5.74, 6) is 2.61. The Morgan fingerprint density at radius 3 is 2.85 bits per heavy atom. The summed E-state index contributed by atoms with van der Waals surface area (Å²) in [6.45, 7) is 9.87. The van der Waals surface area contributed by atoms with Gasteiger partial charge in [0.1, 0.15) is 5.75 Å². The van der Waals surface area contributed by atoms with Gasteiger partial charge >= 0.3 is 5.97 Å². The Hall–Kier alpha value is -2.30. The van der Waals surface area contributed by atoms with Crippen LogP contribution in [-0.2, 0) is 29.4 Å². The van der Waals surface area contributed by atoms with E-state index in [-0.39, 0.29) is 11.4 Å². The topological polar surface area (TPSA) is 64.2 Å². The van der Waals surface area contributed by atoms with Crippen LogP contribution in [0.3, 0.4) is 0 Å². The maximum absolute atomic E-state index is 12.5. The molecule has 0 spiro atoms. The van der Waals surface area contributed by atoms with Gasteiger partial charge < -0.3 is 9.47 Å². The van der Waals surface area contributed by atoms with E-state index in [0.717, 1.165) is 56.4 Å². The highest BCUT2D eigenvalue weighted by atomic mass is 16.5. The summed E-state index contributed by atoms with van der Waals surface area (Å²) in [6.07, 6.45) is 8.86. The summed E-state index contributed by atoms with van der Waals surface area (Å²) in [5, 5.41) is 7.64. The molecule has 0 bridgehead atoms. The first-order valence-electron chi connectivity index (χ1n) is 13.0. The van der Waals surface area contributed by atoms with E-state index in [1.54, 1.807) is 5.56 Å². The van der Waals surface area contributed by atoms with E-state index in [0.29, 0.717) is 30.1 Å². The minimum absolute atomic E-state index is 0.0720. The highest BCUT2D eigenvalue weighted by Crippen LogP contribution is 2.60. The zero-order valence-corrected chi connectivity index (χ0v) is 20.6. The number of carbonyl (C=O) groups is 1. The molecule has 0 aliphatic heterocycles. The van der Waals surface area contributed by atoms with Gasteiger partial charge in [0.2, 0.25) is 0 Å². The van der Waals surface area contributed by atoms with Crippen LogP contribution in [0.2, 0.25) is 0 Å². The molecule has 0 radical (unpaired) electrons. The molecule has 5 nitrogen and oxygen atoms in total. The predicted molar refractivity (Wildman–Crippen MR) is 129 cm³/mol. The van der Waals surface area contributed by atoms with Crippen LogP contribution in [0.1, 0.15) is 104 Å². The molecule has 4 atom stereocenters. The summed E-state index contributed by atoms with van der Waals surface area (Å²) in [6, 6.07) is 4.82. The number of esters is 1. The van der Waals surface area contributed by atoms with Crippen molar-refractivity contribution < 1.29 is 14.3 Å². The quantitative estimate of drug-likeness (QED) is 0.421. The number of aryl methyl sites for hydroxylation is 2. The minimum Gasteiger partial charge on any atom is -0.493 e. The second-order valence-corrected chi connectivity index (χ2v) is 10.4. The lowest BCUT2D eigenvalue weighted by Crippen LogP contribution is -2.43. The van der Waals surface area contributed by atoms with E-state index in [2.05, 4.69) is 43.1 Å². The van der Waals surface area contributed by atoms with E-state index >= 15 is 0 Å². The Labute approximate surface area is 197 Å². The van der Waals surface area contributed by atoms with Gasteiger partial charge in [0, 0.05) is 16.7 Å². The van der Waals surface area contributed by atoms with Crippen LogP contribution in [0.4, 0.5) is 0 Å². The van der Waals surface area contributed by atoms with Gasteiger partial charge in [-0.15, -0.1) is 0 Å². The Morgan fingerprint density at radius 1 is 1.24 bits per heavy atom. The molecule has 0 saturated heterocycles. The van der Waals surface area contributed by atoms with Crippen molar-refractivity contribution in [2.45, 2.75) is 90.4 Å². The van der Waals surface area contributed by atoms with Crippen molar-refractivity contribution in [3.05, 3.63) is 45.8 Å². The molecule has 2 aromatic rings. The largest absolute Gasteiger partial charge is 0.493 e. The number of hydrogen-bond donors (Lipinski definition) is 1. The molecule has 3 aliphatic carbocycles. The number of fused-ring (bicyclic) bond motifs is 7. The minimum atomic E-state index is -0.286. The molecule has 1 saturated carbocycles. The highest BCUT2D eigenvalue weighted by molar-refractivity contribution is 5.89. The standard InChI is InChI=1S/C28H38N2O3/c1-5-8-13-33-24-15-18-9-10-20-19(21(18)14-17(24)6-2)11-12-28(4)23(20)16-22-25(27(31)32-7-3)29-30-26(22)28/h14-15,19-20,23H,5-13,16H2,1-4H3,(H,29,30)/t19?,20?,23?,28-/m0/s1. The summed E-state index contributed by atoms with van der Waals surface area (Å²) < 4.78 is 11.5. The molecule has 1 aromatic carbocycles. The molecular weight excluding hydrogens is 412 g/mol. The van der Waals surface area contributed by atoms with Crippen LogP contribution in [0.5, 0.6) is 5.75 Å². The molecule has 178 valence electrons. The molecule has 1 aromatic heterocycles. The number of ether oxygens (including phenoxy) is 2. The van der Waals surface area contributed by atoms with Crippen molar-refractivity contribution in [2.75, 3.05) is 13.2 Å². The predicted octanol–water partition coefficient (Wildman–Crippen LogP) is 5.90. The number of benzene rings is 1. The van der Waals surface area contributed by atoms with Crippen LogP contribution >= 0.6 is 0 Å². The summed E-state index contributed by atoms with van der Waals surface area (Å²) in [4.78, 5) is 12.5. The molecule has 1 fully saturated rings. The smallest absolute Gasteiger partial charge is 0.359 e. The summed E-state index contributed by atoms with van der Waals surface area (Å²) in [5.41, 5.74) is 7.29. The fraction of sp³-hybridized carbons (Fsp3) is 0.643. The number of unbranched alkanes of at least 4 members (excludes halogenated alkanes) is 1. The van der Waals surface area contributed by atoms with Crippen LogP contribution < -0.4 is 4.74 Å². The maximum Gasteiger partial charge on any atom is 0.359 e. The molecule has 3 unspecified atom stereocenters. The zero-order valence-electron chi connectivity index (χ0n) is 20.6. The number of nitrogens with one attached hydrogen (secondary N) is 1. The van der Waals surface area contributed by atoms with Crippen molar-refractivity contribution >= 4 is 5.97 Å². The van der Waals surface area contributed by atoms with Crippen LogP contribution in [-0.4, -0.2) is 29.4 Å². The van der Waals surface area contributed by atoms with Gasteiger partial charge in [-0.3, -0.25) is 5.10 Å². The first-order chi connectivity index (χ1) is 16.0. The molecule has 1 N–H and O–H groups in total. The van der Waals surface area contributed by atoms with Crippen LogP contribution in [0, 0.1) is 11.8 Å². The number of H-pyrrole nitrogens is 1. The van der Waals surface area contributed by atoms with E-state index in [4.69, 9.17) is 9.47 Å². The number of carbonyl (C=O) groups excluding carboxylic acids is 1. The Bertz CT molecular complexity index is 1040. The lowest BCUT2D eigenvalue weighted by molar-refractivity contribution is 0.0516. The third-order valence-corrected chi connectivity index (χ3v) is 8.76. The van der Waals surface area contributed by atoms with Gasteiger partial charge in [-0.2, -0.15) is 5.10 Å². The lowest BCUT2D eigenvalue weighted by atomic mass is 9.55. The number of hydrogen-bond acceptors (Lipinski definition) is 4. The summed E-state index contributed by atoms with van der Waals surface area (Å²) in [7, 11) is 0. The van der Waals surface area contributed by atoms with Crippen molar-refractivity contribution in [3.8, 4) is 5.75 Å². The van der Waals surface area contributed by atoms with E-state index in [1.165, 1.54) is 29.7 Å². The van der Waals surface area contributed by atoms with Crippen molar-refractivity contribution in [1.82, 2.24) is 10.2 Å². The average molecular weight is 451 g/mol. The number of aromatic amines is 1. The average Bonchev–Trinajstić information content (AvgIpc) is 3.37. The maximum atomic E-state index is 12.5. The SMILES string of the molecule is CCCCOc1cc2c(cc1CC)C1CC[C@]3(C)c4[nH]nc(C(=O)OCC)c4CC3C1CC2. The highest BCUT2D eigenvalue weighted by Gasteiger charge is 2.55. The second kappa shape index (κ2) is 8.81. The molecule has 3 aliphatic rings. The van der Waals surface area contributed by atoms with Gasteiger partial charge in [0.05, 0.1) is 13.2 Å². The molecule has 5 heteroatoms. The van der Waals surface area contributed by atoms with Gasteiger partial charge in [0.15, 0.2) is 5.69 Å². The Balaban J connectivity index is 1.44. The van der Waals surface area contributed by atoms with E-state index < -0.39 is 0 Å². The fourth-order valence-electron chi connectivity index (χ4n) is 7.01. The van der Waals surface area contributed by atoms with Gasteiger partial charge in [-0.1, -0.05) is 33.3 Å². The zero-order chi connectivity index (χ0) is 23.2. The second-order valence-electron chi connectivity index (χ2n) is 10.4. The number of rotatable bonds is 7. The fourth-order valence-corrected chi connectivity index (χ4v) is 7.01. The molecule has 5 rings (SSSR count). The molecular formula is C28H38N2O3. The molecule has 0 amide bonds. The van der Waals surface area contributed by atoms with Gasteiger partial charge in [0.25, 0.3) is 0 Å². The lowest BCUT2D eigenvalue weighted by Gasteiger charge is -2.49. The monoisotopic (exact) mass is 450 g/mol. The number of aromatic nitrogens is 2. The van der Waals surface area contributed by atoms with Crippen molar-refractivity contribution in [1.29, 1.82) is 0 Å². The van der Waals surface area contributed by atoms with Crippen LogP contribution in [0.25, 0.3) is 0 Å². The van der Waals surface area contributed by atoms with E-state index in [1.807, 2.05) is 6.92 Å². The van der Waals surface area contributed by atoms with Crippen molar-refractivity contribution in [3.63, 3.8) is 0 Å². The van der Waals surface area contributed by atoms with Crippen molar-refractivity contribution in [2.24, 2.45) is 11.8 Å². The van der Waals surface area contributed by atoms with E-state index in [9.17, 15) is 4.79 Å². The summed E-state index contributed by atoms with van der Waals surface area (Å²) >= 11 is 0. The van der Waals surface area contributed by atoms with Gasteiger partial charge in [-0.05, 0) is 92.4 Å². The number of nitrogens with zero attached hydrogens (tertiary/aromatic N) is 1. The Kier molecular flexibility index (Phi) is 6.00. The Morgan fingerprint density at radius 2 is 2.09 bits per heavy atom. The first kappa shape index (κ1) is 22.5.